The van der Waals surface area contributed by atoms with Gasteiger partial charge in [-0.25, -0.2) is 0 Å². The van der Waals surface area contributed by atoms with Gasteiger partial charge in [-0.1, -0.05) is 208 Å². The number of hydrogen-bond acceptors (Lipinski definition) is 8. The Balaban J connectivity index is 1.47. The van der Waals surface area contributed by atoms with Crippen LogP contribution in [-0.4, -0.2) is 69.5 Å². The number of aromatic hydroxyl groups is 4. The molecule has 86 heavy (non-hydrogen) atoms. The van der Waals surface area contributed by atoms with Crippen molar-refractivity contribution in [1.82, 2.24) is 0 Å². The smallest absolute Gasteiger partial charge is 0.127 e. The van der Waals surface area contributed by atoms with E-state index in [2.05, 4.69) is 104 Å². The van der Waals surface area contributed by atoms with Crippen LogP contribution in [-0.2, 0) is 12.8 Å². The van der Waals surface area contributed by atoms with Crippen molar-refractivity contribution in [3.8, 4) is 23.0 Å². The van der Waals surface area contributed by atoms with Crippen LogP contribution in [0.4, 0.5) is 0 Å². The van der Waals surface area contributed by atoms with E-state index >= 15 is 0 Å². The predicted molar refractivity (Wildman–Crippen MR) is 368 cm³/mol. The first-order valence-corrected chi connectivity index (χ1v) is 35.5. The van der Waals surface area contributed by atoms with Gasteiger partial charge < -0.3 is 20.4 Å². The van der Waals surface area contributed by atoms with Gasteiger partial charge in [-0.2, -0.15) is 0 Å². The van der Waals surface area contributed by atoms with Gasteiger partial charge in [-0.15, -0.1) is 0 Å². The molecule has 4 atom stereocenters. The van der Waals surface area contributed by atoms with E-state index in [1.54, 1.807) is 0 Å². The fourth-order valence-corrected chi connectivity index (χ4v) is 14.4. The molecule has 4 N–H and O–H groups in total. The Labute approximate surface area is 522 Å². The number of rotatable bonds is 28. The van der Waals surface area contributed by atoms with Crippen LogP contribution in [0.5, 0.6) is 23.0 Å². The number of hydrogen-bond donors (Lipinski definition) is 4. The Hall–Kier alpha value is -5.24. The average molecular weight is 1170 g/mol. The van der Waals surface area contributed by atoms with E-state index in [1.165, 1.54) is 22.3 Å². The maximum atomic E-state index is 12.7. The van der Waals surface area contributed by atoms with E-state index in [1.807, 2.05) is 24.9 Å². The summed E-state index contributed by atoms with van der Waals surface area (Å²) in [5.74, 6) is 2.28. The zero-order valence-electron chi connectivity index (χ0n) is 55.2. The Morgan fingerprint density at radius 2 is 0.488 bits per heavy atom. The summed E-state index contributed by atoms with van der Waals surface area (Å²) >= 11 is 0. The Kier molecular flexibility index (Phi) is 28.8. The van der Waals surface area contributed by atoms with Gasteiger partial charge in [0.15, 0.2) is 0 Å². The standard InChI is InChI=1S/C78H116N4O4/c1-9-17-29-55(30-18-10-2)59-41-63-49-64-42-60(56(31-19-11-3)32-20-12-4)46-68(76(64)84)52-81-73-39-27-28-40-74(73)82-54-70-48-62(58(35-23-15-7)36-24-16-8)44-66(78(70)86)50-65-43-61(57(33-21-13-5)34-22-14-6)47-69(77(65)85)53-80-72-38-26-25-37-71(72)79-51-67(45-59)75(63)83/h41-48,51-58,71-74,83-86H,9-40,49-50H2,1-8H3. The second kappa shape index (κ2) is 36.3. The molecule has 4 unspecified atom stereocenters. The first-order chi connectivity index (χ1) is 42.0. The number of aliphatic imine (C=N–C) groups is 4. The molecule has 0 radical (unpaired) electrons. The van der Waals surface area contributed by atoms with Crippen molar-refractivity contribution in [2.24, 2.45) is 20.0 Å². The molecule has 2 aliphatic carbocycles. The predicted octanol–water partition coefficient (Wildman–Crippen LogP) is 21.6. The van der Waals surface area contributed by atoms with Crippen molar-refractivity contribution < 1.29 is 20.4 Å². The molecule has 8 nitrogen and oxygen atoms in total. The summed E-state index contributed by atoms with van der Waals surface area (Å²) in [6, 6.07) is 17.4. The van der Waals surface area contributed by atoms with E-state index in [0.717, 1.165) is 250 Å². The summed E-state index contributed by atoms with van der Waals surface area (Å²) in [5, 5.41) is 50.6. The van der Waals surface area contributed by atoms with Crippen LogP contribution >= 0.6 is 0 Å². The highest BCUT2D eigenvalue weighted by atomic mass is 16.3. The third-order valence-electron chi connectivity index (χ3n) is 19.9. The highest BCUT2D eigenvalue weighted by Crippen LogP contribution is 2.42. The molecule has 4 aromatic rings. The van der Waals surface area contributed by atoms with Crippen molar-refractivity contribution in [3.05, 3.63) is 115 Å². The lowest BCUT2D eigenvalue weighted by atomic mass is 9.84. The van der Waals surface area contributed by atoms with E-state index in [4.69, 9.17) is 20.0 Å². The second-order valence-corrected chi connectivity index (χ2v) is 26.7. The molecule has 472 valence electrons. The van der Waals surface area contributed by atoms with E-state index in [9.17, 15) is 20.4 Å². The number of nitrogens with zero attached hydrogens (tertiary/aromatic N) is 4. The first kappa shape index (κ1) is 68.3. The molecule has 2 saturated carbocycles. The quantitative estimate of drug-likeness (QED) is 0.0451. The Morgan fingerprint density at radius 1 is 0.302 bits per heavy atom. The lowest BCUT2D eigenvalue weighted by molar-refractivity contribution is 0.390. The van der Waals surface area contributed by atoms with Crippen LogP contribution in [0.25, 0.3) is 0 Å². The van der Waals surface area contributed by atoms with Crippen LogP contribution in [0.2, 0.25) is 0 Å². The molecule has 1 heterocycles. The maximum Gasteiger partial charge on any atom is 0.127 e. The van der Waals surface area contributed by atoms with Crippen LogP contribution in [0, 0.1) is 0 Å². The summed E-state index contributed by atoms with van der Waals surface area (Å²) < 4.78 is 0. The fraction of sp³-hybridized carbons (Fsp3) is 0.641. The minimum absolute atomic E-state index is 0.102. The first-order valence-electron chi connectivity index (χ1n) is 35.5. The lowest BCUT2D eigenvalue weighted by Crippen LogP contribution is -2.27. The zero-order valence-corrected chi connectivity index (χ0v) is 55.2. The Morgan fingerprint density at radius 3 is 0.663 bits per heavy atom. The topological polar surface area (TPSA) is 130 Å². The van der Waals surface area contributed by atoms with Gasteiger partial charge in [0.1, 0.15) is 23.0 Å². The molecule has 8 bridgehead atoms. The molecule has 1 aliphatic heterocycles. The van der Waals surface area contributed by atoms with Crippen molar-refractivity contribution in [2.75, 3.05) is 0 Å². The number of unbranched alkanes of at least 4 members (excludes halogenated alkanes) is 8. The van der Waals surface area contributed by atoms with Gasteiger partial charge in [-0.3, -0.25) is 20.0 Å². The maximum absolute atomic E-state index is 12.7. The second-order valence-electron chi connectivity index (χ2n) is 26.7. The van der Waals surface area contributed by atoms with Crippen molar-refractivity contribution in [2.45, 2.75) is 322 Å². The summed E-state index contributed by atoms with van der Waals surface area (Å²) in [4.78, 5) is 21.6. The van der Waals surface area contributed by atoms with Gasteiger partial charge in [-0.05, 0) is 169 Å². The summed E-state index contributed by atoms with van der Waals surface area (Å²) in [6.07, 6.45) is 43.0. The zero-order chi connectivity index (χ0) is 61.2. The van der Waals surface area contributed by atoms with Gasteiger partial charge in [0.05, 0.1) is 24.2 Å². The third-order valence-corrected chi connectivity index (χ3v) is 19.9. The SMILES string of the molecule is CCCCC(CCCC)c1cc2c(O)c(c1)Cc1cc(C(CCCC)CCCC)cc(c1O)C=NC1CCCCC1N=Cc1cc(C(CCCC)CCCC)cc(c1O)Cc1cc(C(CCCC)CCCC)cc(c1O)C=NC1CCCCC1N=C2. The third kappa shape index (κ3) is 19.4. The van der Waals surface area contributed by atoms with E-state index < -0.39 is 0 Å². The van der Waals surface area contributed by atoms with Gasteiger partial charge in [0.25, 0.3) is 0 Å². The van der Waals surface area contributed by atoms with Crippen LogP contribution in [0.3, 0.4) is 0 Å². The molecule has 3 aliphatic rings. The van der Waals surface area contributed by atoms with Crippen LogP contribution in [0.15, 0.2) is 68.5 Å². The number of fused-ring (bicyclic) bond motifs is 10. The molecule has 0 amide bonds. The fourth-order valence-electron chi connectivity index (χ4n) is 14.4. The largest absolute Gasteiger partial charge is 0.507 e. The molecule has 0 saturated heterocycles. The Bertz CT molecular complexity index is 2400. The summed E-state index contributed by atoms with van der Waals surface area (Å²) in [5.41, 5.74) is 11.1. The lowest BCUT2D eigenvalue weighted by Gasteiger charge is -2.26. The van der Waals surface area contributed by atoms with Crippen molar-refractivity contribution >= 4 is 24.9 Å². The highest BCUT2D eigenvalue weighted by molar-refractivity contribution is 5.88. The summed E-state index contributed by atoms with van der Waals surface area (Å²) in [6.45, 7) is 18.2. The minimum atomic E-state index is -0.102. The molecular weight excluding hydrogens is 1060 g/mol. The molecule has 7 rings (SSSR count). The van der Waals surface area contributed by atoms with Crippen LogP contribution < -0.4 is 0 Å². The van der Waals surface area contributed by atoms with Crippen LogP contribution in [0.1, 0.15) is 351 Å². The summed E-state index contributed by atoms with van der Waals surface area (Å²) in [7, 11) is 0. The highest BCUT2D eigenvalue weighted by Gasteiger charge is 2.28. The minimum Gasteiger partial charge on any atom is -0.507 e. The van der Waals surface area contributed by atoms with Gasteiger partial charge in [0, 0.05) is 60.0 Å². The number of phenols is 4. The molecule has 0 aromatic heterocycles. The molecule has 0 spiro atoms. The van der Waals surface area contributed by atoms with Crippen molar-refractivity contribution in [1.29, 1.82) is 0 Å². The normalized spacial score (nSPS) is 18.4. The number of benzene rings is 4. The molecule has 8 heteroatoms. The van der Waals surface area contributed by atoms with Gasteiger partial charge >= 0.3 is 0 Å². The molecule has 2 fully saturated rings. The average Bonchev–Trinajstić information content (AvgIpc) is 1.86. The molecule has 4 aromatic carbocycles. The molecular formula is C78H116N4O4. The van der Waals surface area contributed by atoms with Crippen molar-refractivity contribution in [3.63, 3.8) is 0 Å². The van der Waals surface area contributed by atoms with Gasteiger partial charge in [0.2, 0.25) is 0 Å². The monoisotopic (exact) mass is 1170 g/mol. The van der Waals surface area contributed by atoms with E-state index in [-0.39, 0.29) is 47.2 Å². The number of phenolic OH excluding ortho intramolecular Hbond substituents is 4. The van der Waals surface area contributed by atoms with E-state index in [0.29, 0.717) is 36.5 Å².